The molecule has 1 N–H and O–H groups in total. The fourth-order valence-electron chi connectivity index (χ4n) is 2.95. The minimum atomic E-state index is -4.62. The van der Waals surface area contributed by atoms with Crippen molar-refractivity contribution in [2.24, 2.45) is 7.05 Å². The maximum Gasteiger partial charge on any atom is 0.435 e. The maximum atomic E-state index is 13.5. The summed E-state index contributed by atoms with van der Waals surface area (Å²) in [4.78, 5) is 0. The summed E-state index contributed by atoms with van der Waals surface area (Å²) in [5, 5.41) is 14.2. The Hall–Kier alpha value is -3.36. The highest BCUT2D eigenvalue weighted by atomic mass is 19.4. The Morgan fingerprint density at radius 3 is 2.39 bits per heavy atom. The van der Waals surface area contributed by atoms with E-state index < -0.39 is 23.5 Å². The molecule has 0 aliphatic rings. The lowest BCUT2D eigenvalue weighted by Crippen LogP contribution is -2.06. The van der Waals surface area contributed by atoms with Crippen LogP contribution in [0.15, 0.2) is 46.9 Å². The van der Waals surface area contributed by atoms with Crippen molar-refractivity contribution in [2.45, 2.75) is 6.18 Å². The molecule has 0 atom stereocenters. The van der Waals surface area contributed by atoms with Gasteiger partial charge in [0, 0.05) is 18.2 Å². The number of aryl methyl sites for hydroxylation is 1. The molecule has 0 fully saturated rings. The van der Waals surface area contributed by atoms with Gasteiger partial charge >= 0.3 is 6.18 Å². The molecule has 0 bridgehead atoms. The van der Waals surface area contributed by atoms with Gasteiger partial charge in [0.05, 0.1) is 11.1 Å². The summed E-state index contributed by atoms with van der Waals surface area (Å²) in [6.45, 7) is 0. The molecule has 9 heteroatoms. The topological polar surface area (TPSA) is 51.2 Å². The van der Waals surface area contributed by atoms with Crippen LogP contribution in [0.25, 0.3) is 33.6 Å². The van der Waals surface area contributed by atoms with Gasteiger partial charge in [0.25, 0.3) is 0 Å². The molecule has 0 spiro atoms. The van der Waals surface area contributed by atoms with Crippen LogP contribution < -0.4 is 0 Å². The average molecular weight is 394 g/mol. The van der Waals surface area contributed by atoms with E-state index in [1.165, 1.54) is 31.3 Å². The van der Waals surface area contributed by atoms with Gasteiger partial charge in [0.15, 0.2) is 17.3 Å². The van der Waals surface area contributed by atoms with E-state index >= 15 is 0 Å². The van der Waals surface area contributed by atoms with Gasteiger partial charge in [-0.1, -0.05) is 0 Å². The summed E-state index contributed by atoms with van der Waals surface area (Å²) in [5.74, 6) is -2.21. The van der Waals surface area contributed by atoms with Gasteiger partial charge in [-0.3, -0.25) is 4.68 Å². The Kier molecular flexibility index (Phi) is 3.91. The molecule has 0 amide bonds. The average Bonchev–Trinajstić information content (AvgIpc) is 3.22. The number of phenols is 1. The molecule has 4 nitrogen and oxygen atoms in total. The Morgan fingerprint density at radius 1 is 1.00 bits per heavy atom. The first-order valence-electron chi connectivity index (χ1n) is 7.97. The van der Waals surface area contributed by atoms with Crippen molar-refractivity contribution in [3.63, 3.8) is 0 Å². The Balaban J connectivity index is 1.84. The van der Waals surface area contributed by atoms with Crippen LogP contribution in [0.3, 0.4) is 0 Å². The summed E-state index contributed by atoms with van der Waals surface area (Å²) in [6, 6.07) is 8.30. The predicted molar refractivity (Wildman–Crippen MR) is 90.4 cm³/mol. The number of hydrogen-bond donors (Lipinski definition) is 1. The number of phenolic OH excluding ortho intramolecular Hbond substituents is 1. The second-order valence-electron chi connectivity index (χ2n) is 6.15. The van der Waals surface area contributed by atoms with E-state index in [2.05, 4.69) is 5.10 Å². The van der Waals surface area contributed by atoms with E-state index in [0.29, 0.717) is 0 Å². The zero-order valence-electron chi connectivity index (χ0n) is 14.2. The third-order valence-corrected chi connectivity index (χ3v) is 4.32. The SMILES string of the molecule is Cn1nc(C(F)(F)F)cc1-c1ccc2oc(-c3ccc(F)c(F)c3)cc2c1O. The van der Waals surface area contributed by atoms with Crippen LogP contribution in [-0.4, -0.2) is 14.9 Å². The highest BCUT2D eigenvalue weighted by molar-refractivity contribution is 5.94. The molecule has 2 aromatic heterocycles. The van der Waals surface area contributed by atoms with E-state index in [9.17, 15) is 27.1 Å². The summed E-state index contributed by atoms with van der Waals surface area (Å²) in [6.07, 6.45) is -4.62. The van der Waals surface area contributed by atoms with Crippen LogP contribution in [0.5, 0.6) is 5.75 Å². The molecule has 144 valence electrons. The Bertz CT molecular complexity index is 1210. The fraction of sp³-hybridized carbons (Fsp3) is 0.105. The van der Waals surface area contributed by atoms with E-state index in [1.54, 1.807) is 0 Å². The number of alkyl halides is 3. The Labute approximate surface area is 154 Å². The molecule has 2 heterocycles. The van der Waals surface area contributed by atoms with Gasteiger partial charge in [-0.15, -0.1) is 0 Å². The molecule has 0 radical (unpaired) electrons. The minimum Gasteiger partial charge on any atom is -0.506 e. The van der Waals surface area contributed by atoms with Gasteiger partial charge in [-0.05, 0) is 42.5 Å². The second kappa shape index (κ2) is 6.08. The number of fused-ring (bicyclic) bond motifs is 1. The van der Waals surface area contributed by atoms with Gasteiger partial charge in [0.2, 0.25) is 0 Å². The van der Waals surface area contributed by atoms with Crippen LogP contribution in [0.4, 0.5) is 22.0 Å². The van der Waals surface area contributed by atoms with Gasteiger partial charge < -0.3 is 9.52 Å². The number of benzene rings is 2. The van der Waals surface area contributed by atoms with Gasteiger partial charge in [-0.2, -0.15) is 18.3 Å². The largest absolute Gasteiger partial charge is 0.506 e. The lowest BCUT2D eigenvalue weighted by Gasteiger charge is -2.05. The van der Waals surface area contributed by atoms with Crippen molar-refractivity contribution in [3.05, 3.63) is 59.8 Å². The van der Waals surface area contributed by atoms with Crippen molar-refractivity contribution in [1.29, 1.82) is 0 Å². The molecular formula is C19H11F5N2O2. The molecule has 0 saturated heterocycles. The first kappa shape index (κ1) is 18.0. The lowest BCUT2D eigenvalue weighted by molar-refractivity contribution is -0.141. The highest BCUT2D eigenvalue weighted by Crippen LogP contribution is 2.41. The molecule has 4 rings (SSSR count). The predicted octanol–water partition coefficient (Wildman–Crippen LogP) is 5.50. The van der Waals surface area contributed by atoms with E-state index in [4.69, 9.17) is 4.42 Å². The Morgan fingerprint density at radius 2 is 1.75 bits per heavy atom. The van der Waals surface area contributed by atoms with Crippen LogP contribution in [-0.2, 0) is 13.2 Å². The van der Waals surface area contributed by atoms with Crippen LogP contribution in [0, 0.1) is 11.6 Å². The number of nitrogens with zero attached hydrogens (tertiary/aromatic N) is 2. The number of halogens is 5. The van der Waals surface area contributed by atoms with Crippen LogP contribution in [0.1, 0.15) is 5.69 Å². The summed E-state index contributed by atoms with van der Waals surface area (Å²) in [7, 11) is 1.33. The lowest BCUT2D eigenvalue weighted by atomic mass is 10.1. The quantitative estimate of drug-likeness (QED) is 0.457. The zero-order chi connectivity index (χ0) is 20.2. The molecule has 0 unspecified atom stereocenters. The normalized spacial score (nSPS) is 12.1. The molecule has 4 aromatic rings. The van der Waals surface area contributed by atoms with Gasteiger partial charge in [0.1, 0.15) is 17.1 Å². The van der Waals surface area contributed by atoms with E-state index in [-0.39, 0.29) is 39.3 Å². The van der Waals surface area contributed by atoms with Crippen molar-refractivity contribution >= 4 is 11.0 Å². The van der Waals surface area contributed by atoms with Crippen molar-refractivity contribution in [3.8, 4) is 28.3 Å². The molecule has 0 aliphatic heterocycles. The molecule has 0 saturated carbocycles. The molecule has 28 heavy (non-hydrogen) atoms. The highest BCUT2D eigenvalue weighted by Gasteiger charge is 2.35. The van der Waals surface area contributed by atoms with E-state index in [1.807, 2.05) is 0 Å². The van der Waals surface area contributed by atoms with Crippen molar-refractivity contribution in [1.82, 2.24) is 9.78 Å². The van der Waals surface area contributed by atoms with E-state index in [0.717, 1.165) is 22.9 Å². The monoisotopic (exact) mass is 394 g/mol. The number of rotatable bonds is 2. The maximum absolute atomic E-state index is 13.5. The van der Waals surface area contributed by atoms with Crippen LogP contribution in [0.2, 0.25) is 0 Å². The standard InChI is InChI=1S/C19H11F5N2O2/c1-26-14(8-17(25-26)19(22,23)24)10-3-5-15-11(18(10)27)7-16(28-15)9-2-4-12(20)13(21)6-9/h2-8,27H,1H3. The first-order chi connectivity index (χ1) is 13.1. The summed E-state index contributed by atoms with van der Waals surface area (Å²) >= 11 is 0. The third kappa shape index (κ3) is 2.88. The third-order valence-electron chi connectivity index (χ3n) is 4.32. The van der Waals surface area contributed by atoms with Crippen molar-refractivity contribution in [2.75, 3.05) is 0 Å². The van der Waals surface area contributed by atoms with Gasteiger partial charge in [-0.25, -0.2) is 8.78 Å². The van der Waals surface area contributed by atoms with Crippen molar-refractivity contribution < 1.29 is 31.5 Å². The number of aromatic nitrogens is 2. The molecule has 2 aromatic carbocycles. The number of furan rings is 1. The smallest absolute Gasteiger partial charge is 0.435 e. The first-order valence-corrected chi connectivity index (χ1v) is 7.97. The van der Waals surface area contributed by atoms with Crippen LogP contribution >= 0.6 is 0 Å². The summed E-state index contributed by atoms with van der Waals surface area (Å²) in [5.41, 5.74) is -0.424. The second-order valence-corrected chi connectivity index (χ2v) is 6.15. The molecule has 0 aliphatic carbocycles. The fourth-order valence-corrected chi connectivity index (χ4v) is 2.95. The number of hydrogen-bond acceptors (Lipinski definition) is 3. The number of aromatic hydroxyl groups is 1. The molecular weight excluding hydrogens is 383 g/mol. The zero-order valence-corrected chi connectivity index (χ0v) is 14.2. The summed E-state index contributed by atoms with van der Waals surface area (Å²) < 4.78 is 71.8. The minimum absolute atomic E-state index is 0.0577.